The zero-order valence-electron chi connectivity index (χ0n) is 13.5. The SMILES string of the molecule is CC(C)CC(CN)NC(=O)CNC(=O)CCC1CCCC1. The van der Waals surface area contributed by atoms with Crippen molar-refractivity contribution in [2.24, 2.45) is 17.6 Å². The topological polar surface area (TPSA) is 84.2 Å². The van der Waals surface area contributed by atoms with Gasteiger partial charge in [0.25, 0.3) is 0 Å². The van der Waals surface area contributed by atoms with Crippen molar-refractivity contribution in [3.05, 3.63) is 0 Å². The molecule has 1 atom stereocenters. The van der Waals surface area contributed by atoms with E-state index in [9.17, 15) is 9.59 Å². The molecule has 2 amide bonds. The summed E-state index contributed by atoms with van der Waals surface area (Å²) in [5.41, 5.74) is 5.64. The maximum Gasteiger partial charge on any atom is 0.239 e. The maximum atomic E-state index is 11.8. The van der Waals surface area contributed by atoms with Crippen molar-refractivity contribution in [2.75, 3.05) is 13.1 Å². The predicted molar refractivity (Wildman–Crippen MR) is 84.6 cm³/mol. The van der Waals surface area contributed by atoms with Gasteiger partial charge in [-0.1, -0.05) is 39.5 Å². The van der Waals surface area contributed by atoms with Gasteiger partial charge in [-0.05, 0) is 24.7 Å². The van der Waals surface area contributed by atoms with Crippen molar-refractivity contribution in [1.82, 2.24) is 10.6 Å². The van der Waals surface area contributed by atoms with Gasteiger partial charge in [0.1, 0.15) is 0 Å². The molecule has 1 aliphatic carbocycles. The zero-order valence-corrected chi connectivity index (χ0v) is 13.5. The Kier molecular flexibility index (Phi) is 8.35. The average Bonchev–Trinajstić information content (AvgIpc) is 2.94. The summed E-state index contributed by atoms with van der Waals surface area (Å²) >= 11 is 0. The molecule has 1 saturated carbocycles. The quantitative estimate of drug-likeness (QED) is 0.604. The molecule has 0 radical (unpaired) electrons. The summed E-state index contributed by atoms with van der Waals surface area (Å²) in [6.45, 7) is 4.68. The highest BCUT2D eigenvalue weighted by atomic mass is 16.2. The van der Waals surface area contributed by atoms with Crippen LogP contribution >= 0.6 is 0 Å². The molecule has 0 heterocycles. The Morgan fingerprint density at radius 1 is 1.19 bits per heavy atom. The second-order valence-electron chi connectivity index (χ2n) is 6.60. The van der Waals surface area contributed by atoms with Gasteiger partial charge < -0.3 is 16.4 Å². The Morgan fingerprint density at radius 2 is 1.86 bits per heavy atom. The molecule has 0 saturated heterocycles. The summed E-state index contributed by atoms with van der Waals surface area (Å²) in [7, 11) is 0. The van der Waals surface area contributed by atoms with Crippen molar-refractivity contribution in [2.45, 2.75) is 64.8 Å². The molecule has 0 aromatic rings. The third kappa shape index (κ3) is 8.05. The number of rotatable bonds is 9. The zero-order chi connectivity index (χ0) is 15.7. The Bertz CT molecular complexity index is 325. The van der Waals surface area contributed by atoms with E-state index >= 15 is 0 Å². The first kappa shape index (κ1) is 18.0. The van der Waals surface area contributed by atoms with Crippen LogP contribution in [0.5, 0.6) is 0 Å². The van der Waals surface area contributed by atoms with Crippen molar-refractivity contribution in [3.63, 3.8) is 0 Å². The molecule has 0 aliphatic heterocycles. The molecule has 0 spiro atoms. The van der Waals surface area contributed by atoms with Crippen LogP contribution in [0.2, 0.25) is 0 Å². The lowest BCUT2D eigenvalue weighted by Gasteiger charge is -2.19. The standard InChI is InChI=1S/C16H31N3O2/c1-12(2)9-14(10-17)19-16(21)11-18-15(20)8-7-13-5-3-4-6-13/h12-14H,3-11,17H2,1-2H3,(H,18,20)(H,19,21). The number of carbonyl (C=O) groups is 2. The van der Waals surface area contributed by atoms with Crippen LogP contribution in [0.25, 0.3) is 0 Å². The molecule has 1 fully saturated rings. The third-order valence-corrected chi connectivity index (χ3v) is 4.11. The average molecular weight is 297 g/mol. The van der Waals surface area contributed by atoms with Crippen molar-refractivity contribution in [1.29, 1.82) is 0 Å². The molecule has 1 aliphatic rings. The van der Waals surface area contributed by atoms with Crippen LogP contribution in [0.15, 0.2) is 0 Å². The molecule has 122 valence electrons. The highest BCUT2D eigenvalue weighted by molar-refractivity contribution is 5.84. The smallest absolute Gasteiger partial charge is 0.239 e. The molecule has 5 nitrogen and oxygen atoms in total. The molecule has 1 rings (SSSR count). The van der Waals surface area contributed by atoms with Crippen LogP contribution in [0, 0.1) is 11.8 Å². The minimum Gasteiger partial charge on any atom is -0.351 e. The number of carbonyl (C=O) groups excluding carboxylic acids is 2. The summed E-state index contributed by atoms with van der Waals surface area (Å²) in [6.07, 6.45) is 7.44. The van der Waals surface area contributed by atoms with E-state index in [-0.39, 0.29) is 24.4 Å². The largest absolute Gasteiger partial charge is 0.351 e. The summed E-state index contributed by atoms with van der Waals surface area (Å²) in [5, 5.41) is 5.57. The lowest BCUT2D eigenvalue weighted by molar-refractivity contribution is -0.126. The summed E-state index contributed by atoms with van der Waals surface area (Å²) < 4.78 is 0. The van der Waals surface area contributed by atoms with Gasteiger partial charge in [-0.3, -0.25) is 9.59 Å². The minimum absolute atomic E-state index is 0.00658. The highest BCUT2D eigenvalue weighted by Gasteiger charge is 2.17. The van der Waals surface area contributed by atoms with Gasteiger partial charge in [-0.2, -0.15) is 0 Å². The van der Waals surface area contributed by atoms with Gasteiger partial charge in [-0.25, -0.2) is 0 Å². The molecule has 0 aromatic carbocycles. The van der Waals surface area contributed by atoms with Gasteiger partial charge in [0, 0.05) is 19.0 Å². The van der Waals surface area contributed by atoms with Crippen LogP contribution in [0.1, 0.15) is 58.8 Å². The molecule has 4 N–H and O–H groups in total. The first-order chi connectivity index (χ1) is 10.0. The molecule has 0 aromatic heterocycles. The number of amides is 2. The first-order valence-electron chi connectivity index (χ1n) is 8.27. The Morgan fingerprint density at radius 3 is 2.43 bits per heavy atom. The summed E-state index contributed by atoms with van der Waals surface area (Å²) in [6, 6.07) is -0.00658. The van der Waals surface area contributed by atoms with Gasteiger partial charge in [0.15, 0.2) is 0 Å². The van der Waals surface area contributed by atoms with E-state index in [1.807, 2.05) is 0 Å². The molecule has 1 unspecified atom stereocenters. The van der Waals surface area contributed by atoms with Crippen molar-refractivity contribution in [3.8, 4) is 0 Å². The van der Waals surface area contributed by atoms with Gasteiger partial charge in [0.2, 0.25) is 11.8 Å². The summed E-state index contributed by atoms with van der Waals surface area (Å²) in [4.78, 5) is 23.5. The van der Waals surface area contributed by atoms with Crippen LogP contribution in [-0.4, -0.2) is 30.9 Å². The van der Waals surface area contributed by atoms with Crippen molar-refractivity contribution < 1.29 is 9.59 Å². The first-order valence-corrected chi connectivity index (χ1v) is 8.27. The number of hydrogen-bond donors (Lipinski definition) is 3. The second-order valence-corrected chi connectivity index (χ2v) is 6.60. The Balaban J connectivity index is 2.14. The number of nitrogens with one attached hydrogen (secondary N) is 2. The Hall–Kier alpha value is -1.10. The van der Waals surface area contributed by atoms with Crippen LogP contribution < -0.4 is 16.4 Å². The fourth-order valence-corrected chi connectivity index (χ4v) is 2.96. The molecule has 5 heteroatoms. The fourth-order valence-electron chi connectivity index (χ4n) is 2.96. The molecule has 21 heavy (non-hydrogen) atoms. The van der Waals surface area contributed by atoms with E-state index in [1.54, 1.807) is 0 Å². The summed E-state index contributed by atoms with van der Waals surface area (Å²) in [5.74, 6) is 1.02. The second kappa shape index (κ2) is 9.77. The van der Waals surface area contributed by atoms with E-state index in [0.29, 0.717) is 24.8 Å². The molecular formula is C16H31N3O2. The monoisotopic (exact) mass is 297 g/mol. The van der Waals surface area contributed by atoms with E-state index in [1.165, 1.54) is 25.7 Å². The highest BCUT2D eigenvalue weighted by Crippen LogP contribution is 2.28. The van der Waals surface area contributed by atoms with Gasteiger partial charge in [0.05, 0.1) is 6.54 Å². The lowest BCUT2D eigenvalue weighted by Crippen LogP contribution is -2.45. The minimum atomic E-state index is -0.152. The normalized spacial score (nSPS) is 17.0. The van der Waals surface area contributed by atoms with Crippen LogP contribution in [0.4, 0.5) is 0 Å². The predicted octanol–water partition coefficient (Wildman–Crippen LogP) is 1.56. The number of hydrogen-bond acceptors (Lipinski definition) is 3. The lowest BCUT2D eigenvalue weighted by atomic mass is 10.0. The maximum absolute atomic E-state index is 11.8. The number of nitrogens with two attached hydrogens (primary N) is 1. The van der Waals surface area contributed by atoms with Crippen LogP contribution in [-0.2, 0) is 9.59 Å². The van der Waals surface area contributed by atoms with E-state index in [0.717, 1.165) is 12.8 Å². The van der Waals surface area contributed by atoms with Crippen molar-refractivity contribution >= 4 is 11.8 Å². The van der Waals surface area contributed by atoms with E-state index in [4.69, 9.17) is 5.73 Å². The Labute approximate surface area is 128 Å². The van der Waals surface area contributed by atoms with Gasteiger partial charge >= 0.3 is 0 Å². The van der Waals surface area contributed by atoms with Crippen LogP contribution in [0.3, 0.4) is 0 Å². The van der Waals surface area contributed by atoms with Gasteiger partial charge in [-0.15, -0.1) is 0 Å². The third-order valence-electron chi connectivity index (χ3n) is 4.11. The fraction of sp³-hybridized carbons (Fsp3) is 0.875. The van der Waals surface area contributed by atoms with E-state index < -0.39 is 0 Å². The molecule has 0 bridgehead atoms. The molecular weight excluding hydrogens is 266 g/mol. The van der Waals surface area contributed by atoms with E-state index in [2.05, 4.69) is 24.5 Å².